The van der Waals surface area contributed by atoms with E-state index in [1.165, 1.54) is 0 Å². The fraction of sp³-hybridized carbons (Fsp3) is 0.571. The lowest BCUT2D eigenvalue weighted by molar-refractivity contribution is 0.173. The fourth-order valence-electron chi connectivity index (χ4n) is 2.16. The fourth-order valence-corrected chi connectivity index (χ4v) is 4.51. The van der Waals surface area contributed by atoms with E-state index in [4.69, 9.17) is 4.74 Å². The van der Waals surface area contributed by atoms with Crippen molar-refractivity contribution in [2.45, 2.75) is 31.1 Å². The SMILES string of the molecule is COCCC1(CNS(=O)(=O)c2ccc(C)cc2Br)CC1. The molecule has 0 amide bonds. The highest BCUT2D eigenvalue weighted by Crippen LogP contribution is 2.48. The van der Waals surface area contributed by atoms with Crippen LogP contribution >= 0.6 is 15.9 Å². The highest BCUT2D eigenvalue weighted by atomic mass is 79.9. The van der Waals surface area contributed by atoms with Gasteiger partial charge < -0.3 is 4.74 Å². The largest absolute Gasteiger partial charge is 0.385 e. The highest BCUT2D eigenvalue weighted by molar-refractivity contribution is 9.10. The summed E-state index contributed by atoms with van der Waals surface area (Å²) in [5.74, 6) is 0. The number of hydrogen-bond acceptors (Lipinski definition) is 3. The first kappa shape index (κ1) is 15.9. The molecule has 0 saturated heterocycles. The predicted molar refractivity (Wildman–Crippen MR) is 82.2 cm³/mol. The Labute approximate surface area is 129 Å². The number of halogens is 1. The van der Waals surface area contributed by atoms with Crippen LogP contribution < -0.4 is 4.72 Å². The Kier molecular flexibility index (Phi) is 4.89. The second-order valence-electron chi connectivity index (χ2n) is 5.50. The summed E-state index contributed by atoms with van der Waals surface area (Å²) in [6.07, 6.45) is 3.03. The number of aryl methyl sites for hydroxylation is 1. The van der Waals surface area contributed by atoms with E-state index in [1.54, 1.807) is 19.2 Å². The van der Waals surface area contributed by atoms with E-state index in [-0.39, 0.29) is 5.41 Å². The molecule has 0 bridgehead atoms. The minimum atomic E-state index is -3.46. The lowest BCUT2D eigenvalue weighted by atomic mass is 10.0. The number of hydrogen-bond donors (Lipinski definition) is 1. The van der Waals surface area contributed by atoms with E-state index >= 15 is 0 Å². The number of benzene rings is 1. The lowest BCUT2D eigenvalue weighted by Crippen LogP contribution is -2.31. The Hall–Kier alpha value is -0.430. The molecule has 0 aromatic heterocycles. The monoisotopic (exact) mass is 361 g/mol. The van der Waals surface area contributed by atoms with Crippen LogP contribution in [0.15, 0.2) is 27.6 Å². The maximum Gasteiger partial charge on any atom is 0.241 e. The van der Waals surface area contributed by atoms with Crippen molar-refractivity contribution in [3.05, 3.63) is 28.2 Å². The Morgan fingerprint density at radius 1 is 1.40 bits per heavy atom. The van der Waals surface area contributed by atoms with Crippen molar-refractivity contribution in [1.29, 1.82) is 0 Å². The molecule has 112 valence electrons. The van der Waals surface area contributed by atoms with Gasteiger partial charge in [0, 0.05) is 24.7 Å². The van der Waals surface area contributed by atoms with Crippen molar-refractivity contribution >= 4 is 26.0 Å². The molecule has 0 atom stereocenters. The summed E-state index contributed by atoms with van der Waals surface area (Å²) < 4.78 is 33.1. The molecule has 0 spiro atoms. The van der Waals surface area contributed by atoms with Crippen LogP contribution in [0, 0.1) is 12.3 Å². The van der Waals surface area contributed by atoms with Crippen LogP contribution in [0.25, 0.3) is 0 Å². The molecular formula is C14H20BrNO3S. The Morgan fingerprint density at radius 3 is 2.65 bits per heavy atom. The molecule has 0 radical (unpaired) electrons. The van der Waals surface area contributed by atoms with Crippen LogP contribution in [-0.2, 0) is 14.8 Å². The maximum atomic E-state index is 12.3. The van der Waals surface area contributed by atoms with Gasteiger partial charge in [-0.25, -0.2) is 13.1 Å². The Balaban J connectivity index is 2.04. The topological polar surface area (TPSA) is 55.4 Å². The highest BCUT2D eigenvalue weighted by Gasteiger charge is 2.42. The third kappa shape index (κ3) is 3.81. The third-order valence-electron chi connectivity index (χ3n) is 3.81. The maximum absolute atomic E-state index is 12.3. The van der Waals surface area contributed by atoms with E-state index in [1.807, 2.05) is 13.0 Å². The molecule has 0 heterocycles. The molecule has 1 aliphatic rings. The van der Waals surface area contributed by atoms with Gasteiger partial charge in [-0.2, -0.15) is 0 Å². The molecule has 0 aliphatic heterocycles. The van der Waals surface area contributed by atoms with Gasteiger partial charge in [0.1, 0.15) is 0 Å². The smallest absolute Gasteiger partial charge is 0.241 e. The Morgan fingerprint density at radius 2 is 2.10 bits per heavy atom. The molecule has 1 aromatic rings. The molecule has 1 saturated carbocycles. The molecule has 2 rings (SSSR count). The van der Waals surface area contributed by atoms with Gasteiger partial charge in [0.2, 0.25) is 10.0 Å². The first-order valence-electron chi connectivity index (χ1n) is 6.63. The van der Waals surface area contributed by atoms with Crippen LogP contribution in [0.5, 0.6) is 0 Å². The van der Waals surface area contributed by atoms with Gasteiger partial charge >= 0.3 is 0 Å². The zero-order valence-electron chi connectivity index (χ0n) is 11.8. The van der Waals surface area contributed by atoms with Gasteiger partial charge in [-0.3, -0.25) is 0 Å². The van der Waals surface area contributed by atoms with Crippen LogP contribution in [-0.4, -0.2) is 28.7 Å². The molecule has 1 fully saturated rings. The van der Waals surface area contributed by atoms with Gasteiger partial charge in [0.15, 0.2) is 0 Å². The quantitative estimate of drug-likeness (QED) is 0.812. The summed E-state index contributed by atoms with van der Waals surface area (Å²) in [5, 5.41) is 0. The number of ether oxygens (including phenoxy) is 1. The molecule has 0 unspecified atom stereocenters. The number of sulfonamides is 1. The average Bonchev–Trinajstić information content (AvgIpc) is 3.14. The van der Waals surface area contributed by atoms with Crippen molar-refractivity contribution < 1.29 is 13.2 Å². The summed E-state index contributed by atoms with van der Waals surface area (Å²) in [7, 11) is -1.79. The van der Waals surface area contributed by atoms with E-state index in [2.05, 4.69) is 20.7 Å². The van der Waals surface area contributed by atoms with Gasteiger partial charge in [-0.05, 0) is 65.2 Å². The summed E-state index contributed by atoms with van der Waals surface area (Å²) in [4.78, 5) is 0.297. The second-order valence-corrected chi connectivity index (χ2v) is 8.09. The van der Waals surface area contributed by atoms with Gasteiger partial charge in [0.25, 0.3) is 0 Å². The van der Waals surface area contributed by atoms with Crippen LogP contribution in [0.4, 0.5) is 0 Å². The van der Waals surface area contributed by atoms with E-state index < -0.39 is 10.0 Å². The van der Waals surface area contributed by atoms with E-state index in [9.17, 15) is 8.42 Å². The minimum Gasteiger partial charge on any atom is -0.385 e. The van der Waals surface area contributed by atoms with Gasteiger partial charge in [-0.1, -0.05) is 6.07 Å². The van der Waals surface area contributed by atoms with Gasteiger partial charge in [0.05, 0.1) is 4.90 Å². The summed E-state index contributed by atoms with van der Waals surface area (Å²) in [6, 6.07) is 5.25. The van der Waals surface area contributed by atoms with Crippen molar-refractivity contribution in [3.63, 3.8) is 0 Å². The van der Waals surface area contributed by atoms with Crippen LogP contribution in [0.3, 0.4) is 0 Å². The summed E-state index contributed by atoms with van der Waals surface area (Å²) in [5.41, 5.74) is 1.12. The standard InChI is InChI=1S/C14H20BrNO3S/c1-11-3-4-13(12(15)9-11)20(17,18)16-10-14(5-6-14)7-8-19-2/h3-4,9,16H,5-8,10H2,1-2H3. The van der Waals surface area contributed by atoms with Crippen molar-refractivity contribution in [2.24, 2.45) is 5.41 Å². The lowest BCUT2D eigenvalue weighted by Gasteiger charge is -2.16. The average molecular weight is 362 g/mol. The van der Waals surface area contributed by atoms with E-state index in [0.29, 0.717) is 22.5 Å². The first-order chi connectivity index (χ1) is 9.38. The first-order valence-corrected chi connectivity index (χ1v) is 8.91. The van der Waals surface area contributed by atoms with Crippen molar-refractivity contribution in [1.82, 2.24) is 4.72 Å². The Bertz CT molecular complexity index is 582. The summed E-state index contributed by atoms with van der Waals surface area (Å²) >= 11 is 3.32. The van der Waals surface area contributed by atoms with E-state index in [0.717, 1.165) is 24.8 Å². The third-order valence-corrected chi connectivity index (χ3v) is 6.19. The summed E-state index contributed by atoms with van der Waals surface area (Å²) in [6.45, 7) is 3.09. The van der Waals surface area contributed by atoms with Crippen LogP contribution in [0.1, 0.15) is 24.8 Å². The molecule has 1 N–H and O–H groups in total. The molecule has 1 aliphatic carbocycles. The number of nitrogens with one attached hydrogen (secondary N) is 1. The zero-order valence-corrected chi connectivity index (χ0v) is 14.2. The second kappa shape index (κ2) is 6.13. The predicted octanol–water partition coefficient (Wildman–Crippen LogP) is 2.85. The molecule has 6 heteroatoms. The van der Waals surface area contributed by atoms with Crippen molar-refractivity contribution in [2.75, 3.05) is 20.3 Å². The zero-order chi connectivity index (χ0) is 14.8. The van der Waals surface area contributed by atoms with Crippen LogP contribution in [0.2, 0.25) is 0 Å². The molecular weight excluding hydrogens is 342 g/mol. The minimum absolute atomic E-state index is 0.0975. The normalized spacial score (nSPS) is 17.1. The van der Waals surface area contributed by atoms with Gasteiger partial charge in [-0.15, -0.1) is 0 Å². The molecule has 4 nitrogen and oxygen atoms in total. The number of rotatable bonds is 7. The molecule has 1 aromatic carbocycles. The van der Waals surface area contributed by atoms with Crippen molar-refractivity contribution in [3.8, 4) is 0 Å². The number of methoxy groups -OCH3 is 1. The molecule has 20 heavy (non-hydrogen) atoms.